The standard InChI is InChI=1S/C19H19ClFN3O4S/c1-12(23-29(27,28)17-6-3-2-5-15(17)21)19(26)22-13-8-9-16(14(20)11-13)24-10-4-7-18(24)25/h2-3,5-6,8-9,11-12,23H,4,7,10H2,1H3,(H,22,26)/t12-/m0/s1. The van der Waals surface area contributed by atoms with Gasteiger partial charge in [0.2, 0.25) is 21.8 Å². The molecule has 10 heteroatoms. The maximum Gasteiger partial charge on any atom is 0.244 e. The van der Waals surface area contributed by atoms with Crippen LogP contribution in [0.15, 0.2) is 47.4 Å². The Kier molecular flexibility index (Phi) is 6.21. The second-order valence-corrected chi connectivity index (χ2v) is 8.67. The number of sulfonamides is 1. The summed E-state index contributed by atoms with van der Waals surface area (Å²) in [4.78, 5) is 25.3. The predicted octanol–water partition coefficient (Wildman–Crippen LogP) is 2.91. The first-order valence-corrected chi connectivity index (χ1v) is 10.7. The Balaban J connectivity index is 1.69. The lowest BCUT2D eigenvalue weighted by molar-refractivity contribution is -0.118. The second kappa shape index (κ2) is 8.48. The summed E-state index contributed by atoms with van der Waals surface area (Å²) >= 11 is 6.24. The highest BCUT2D eigenvalue weighted by molar-refractivity contribution is 7.89. The van der Waals surface area contributed by atoms with E-state index < -0.39 is 32.7 Å². The van der Waals surface area contributed by atoms with Gasteiger partial charge < -0.3 is 10.2 Å². The molecule has 1 atom stereocenters. The zero-order valence-corrected chi connectivity index (χ0v) is 17.1. The van der Waals surface area contributed by atoms with Gasteiger partial charge in [0.1, 0.15) is 10.7 Å². The zero-order chi connectivity index (χ0) is 21.2. The highest BCUT2D eigenvalue weighted by Gasteiger charge is 2.26. The van der Waals surface area contributed by atoms with Crippen LogP contribution in [0.3, 0.4) is 0 Å². The molecule has 7 nitrogen and oxygen atoms in total. The number of nitrogens with zero attached hydrogens (tertiary/aromatic N) is 1. The average molecular weight is 440 g/mol. The van der Waals surface area contributed by atoms with Crippen molar-refractivity contribution in [3.63, 3.8) is 0 Å². The maximum absolute atomic E-state index is 13.8. The largest absolute Gasteiger partial charge is 0.325 e. The first kappa shape index (κ1) is 21.2. The minimum atomic E-state index is -4.22. The highest BCUT2D eigenvalue weighted by Crippen LogP contribution is 2.31. The molecule has 0 aliphatic carbocycles. The van der Waals surface area contributed by atoms with Crippen molar-refractivity contribution in [1.82, 2.24) is 4.72 Å². The maximum atomic E-state index is 13.8. The van der Waals surface area contributed by atoms with Crippen molar-refractivity contribution in [2.75, 3.05) is 16.8 Å². The Morgan fingerprint density at radius 1 is 1.24 bits per heavy atom. The highest BCUT2D eigenvalue weighted by atomic mass is 35.5. The molecule has 1 fully saturated rings. The first-order valence-electron chi connectivity index (χ1n) is 8.86. The lowest BCUT2D eigenvalue weighted by atomic mass is 10.2. The van der Waals surface area contributed by atoms with E-state index in [-0.39, 0.29) is 10.9 Å². The van der Waals surface area contributed by atoms with Gasteiger partial charge in [-0.1, -0.05) is 23.7 Å². The van der Waals surface area contributed by atoms with Crippen LogP contribution in [-0.2, 0) is 19.6 Å². The summed E-state index contributed by atoms with van der Waals surface area (Å²) in [5.74, 6) is -1.57. The van der Waals surface area contributed by atoms with Crippen molar-refractivity contribution in [1.29, 1.82) is 0 Å². The SMILES string of the molecule is C[C@H](NS(=O)(=O)c1ccccc1F)C(=O)Nc1ccc(N2CCCC2=O)c(Cl)c1. The molecule has 0 unspecified atom stereocenters. The fraction of sp³-hybridized carbons (Fsp3) is 0.263. The summed E-state index contributed by atoms with van der Waals surface area (Å²) in [7, 11) is -4.22. The molecule has 0 spiro atoms. The van der Waals surface area contributed by atoms with E-state index in [1.54, 1.807) is 17.0 Å². The molecule has 154 valence electrons. The molecule has 0 saturated carbocycles. The molecular formula is C19H19ClFN3O4S. The Labute approximate surface area is 172 Å². The van der Waals surface area contributed by atoms with Gasteiger partial charge in [-0.25, -0.2) is 12.8 Å². The number of carbonyl (C=O) groups excluding carboxylic acids is 2. The fourth-order valence-corrected chi connectivity index (χ4v) is 4.53. The van der Waals surface area contributed by atoms with Crippen molar-refractivity contribution in [2.45, 2.75) is 30.7 Å². The number of carbonyl (C=O) groups is 2. The van der Waals surface area contributed by atoms with Gasteiger partial charge in [-0.15, -0.1) is 0 Å². The van der Waals surface area contributed by atoms with Gasteiger partial charge in [-0.3, -0.25) is 9.59 Å². The molecule has 29 heavy (non-hydrogen) atoms. The van der Waals surface area contributed by atoms with Gasteiger partial charge in [0.15, 0.2) is 0 Å². The van der Waals surface area contributed by atoms with Crippen LogP contribution in [-0.4, -0.2) is 32.8 Å². The van der Waals surface area contributed by atoms with Crippen LogP contribution >= 0.6 is 11.6 Å². The molecular weight excluding hydrogens is 421 g/mol. The van der Waals surface area contributed by atoms with Crippen LogP contribution in [0.2, 0.25) is 5.02 Å². The Morgan fingerprint density at radius 3 is 2.59 bits per heavy atom. The average Bonchev–Trinajstić information content (AvgIpc) is 3.07. The van der Waals surface area contributed by atoms with Crippen molar-refractivity contribution in [3.8, 4) is 0 Å². The molecule has 0 bridgehead atoms. The lowest BCUT2D eigenvalue weighted by Gasteiger charge is -2.19. The summed E-state index contributed by atoms with van der Waals surface area (Å²) in [6.45, 7) is 1.92. The van der Waals surface area contributed by atoms with Gasteiger partial charge in [-0.05, 0) is 43.7 Å². The van der Waals surface area contributed by atoms with E-state index in [9.17, 15) is 22.4 Å². The van der Waals surface area contributed by atoms with Crippen molar-refractivity contribution in [3.05, 3.63) is 53.3 Å². The number of nitrogens with one attached hydrogen (secondary N) is 2. The Hall–Kier alpha value is -2.49. The summed E-state index contributed by atoms with van der Waals surface area (Å²) in [6, 6.07) is 8.40. The predicted molar refractivity (Wildman–Crippen MR) is 108 cm³/mol. The quantitative estimate of drug-likeness (QED) is 0.723. The zero-order valence-electron chi connectivity index (χ0n) is 15.5. The van der Waals surface area contributed by atoms with Crippen LogP contribution in [0.4, 0.5) is 15.8 Å². The van der Waals surface area contributed by atoms with Gasteiger partial charge in [0.05, 0.1) is 16.8 Å². The number of halogens is 2. The normalized spacial score (nSPS) is 15.4. The summed E-state index contributed by atoms with van der Waals surface area (Å²) < 4.78 is 40.5. The number of hydrogen-bond acceptors (Lipinski definition) is 4. The van der Waals surface area contributed by atoms with E-state index in [0.29, 0.717) is 24.3 Å². The van der Waals surface area contributed by atoms with Crippen LogP contribution in [0, 0.1) is 5.82 Å². The van der Waals surface area contributed by atoms with Gasteiger partial charge >= 0.3 is 0 Å². The Morgan fingerprint density at radius 2 is 1.97 bits per heavy atom. The minimum Gasteiger partial charge on any atom is -0.325 e. The molecule has 2 aromatic carbocycles. The molecule has 2 aromatic rings. The van der Waals surface area contributed by atoms with Crippen molar-refractivity contribution < 1.29 is 22.4 Å². The van der Waals surface area contributed by atoms with E-state index in [1.165, 1.54) is 25.1 Å². The third-order valence-electron chi connectivity index (χ3n) is 4.43. The van der Waals surface area contributed by atoms with Crippen LogP contribution in [0.1, 0.15) is 19.8 Å². The minimum absolute atomic E-state index is 0.0140. The lowest BCUT2D eigenvalue weighted by Crippen LogP contribution is -2.41. The topological polar surface area (TPSA) is 95.6 Å². The third kappa shape index (κ3) is 4.75. The van der Waals surface area contributed by atoms with Crippen LogP contribution < -0.4 is 14.9 Å². The molecule has 2 N–H and O–H groups in total. The number of hydrogen-bond donors (Lipinski definition) is 2. The molecule has 0 radical (unpaired) electrons. The molecule has 1 heterocycles. The van der Waals surface area contributed by atoms with E-state index in [2.05, 4.69) is 10.0 Å². The van der Waals surface area contributed by atoms with E-state index in [1.807, 2.05) is 0 Å². The Bertz CT molecular complexity index is 1060. The van der Waals surface area contributed by atoms with Gasteiger partial charge in [0, 0.05) is 18.7 Å². The molecule has 1 aliphatic heterocycles. The molecule has 1 saturated heterocycles. The number of rotatable bonds is 6. The monoisotopic (exact) mass is 439 g/mol. The molecule has 3 rings (SSSR count). The van der Waals surface area contributed by atoms with Crippen molar-refractivity contribution in [2.24, 2.45) is 0 Å². The van der Waals surface area contributed by atoms with Crippen LogP contribution in [0.25, 0.3) is 0 Å². The fourth-order valence-electron chi connectivity index (χ4n) is 2.97. The smallest absolute Gasteiger partial charge is 0.244 e. The summed E-state index contributed by atoms with van der Waals surface area (Å²) in [6.07, 6.45) is 1.22. The van der Waals surface area contributed by atoms with Gasteiger partial charge in [-0.2, -0.15) is 4.72 Å². The molecule has 1 aliphatic rings. The van der Waals surface area contributed by atoms with E-state index in [0.717, 1.165) is 18.6 Å². The number of benzene rings is 2. The second-order valence-electron chi connectivity index (χ2n) is 6.58. The van der Waals surface area contributed by atoms with E-state index in [4.69, 9.17) is 11.6 Å². The summed E-state index contributed by atoms with van der Waals surface area (Å²) in [5, 5.41) is 2.84. The third-order valence-corrected chi connectivity index (χ3v) is 6.31. The number of amides is 2. The van der Waals surface area contributed by atoms with E-state index >= 15 is 0 Å². The molecule has 0 aromatic heterocycles. The first-order chi connectivity index (χ1) is 13.7. The van der Waals surface area contributed by atoms with Crippen LogP contribution in [0.5, 0.6) is 0 Å². The molecule has 2 amide bonds. The van der Waals surface area contributed by atoms with Gasteiger partial charge in [0.25, 0.3) is 0 Å². The van der Waals surface area contributed by atoms with Crippen molar-refractivity contribution >= 4 is 44.8 Å². The number of anilines is 2. The summed E-state index contributed by atoms with van der Waals surface area (Å²) in [5.41, 5.74) is 0.896.